The van der Waals surface area contributed by atoms with Crippen molar-refractivity contribution >= 4 is 11.6 Å². The van der Waals surface area contributed by atoms with Crippen LogP contribution in [0.25, 0.3) is 5.65 Å². The first kappa shape index (κ1) is 14.5. The molecule has 0 bridgehead atoms. The summed E-state index contributed by atoms with van der Waals surface area (Å²) in [5.41, 5.74) is 4.56. The fraction of sp³-hybridized carbons (Fsp3) is 0.474. The molecule has 1 amide bonds. The van der Waals surface area contributed by atoms with Gasteiger partial charge in [-0.2, -0.15) is 0 Å². The average molecular weight is 309 g/mol. The van der Waals surface area contributed by atoms with E-state index >= 15 is 0 Å². The van der Waals surface area contributed by atoms with Crippen LogP contribution in [0.5, 0.6) is 0 Å². The monoisotopic (exact) mass is 309 g/mol. The van der Waals surface area contributed by atoms with E-state index in [-0.39, 0.29) is 5.91 Å². The maximum Gasteiger partial charge on any atom is 0.228 e. The van der Waals surface area contributed by atoms with E-state index in [0.29, 0.717) is 18.3 Å². The first-order valence-corrected chi connectivity index (χ1v) is 8.47. The molecule has 0 unspecified atom stereocenters. The van der Waals surface area contributed by atoms with Crippen LogP contribution in [-0.4, -0.2) is 33.3 Å². The van der Waals surface area contributed by atoms with Crippen LogP contribution in [0.15, 0.2) is 36.2 Å². The summed E-state index contributed by atoms with van der Waals surface area (Å²) in [6.45, 7) is 6.10. The molecule has 0 saturated carbocycles. The van der Waals surface area contributed by atoms with Crippen molar-refractivity contribution in [1.82, 2.24) is 14.3 Å². The summed E-state index contributed by atoms with van der Waals surface area (Å²) in [5, 5.41) is 0. The molecule has 3 heterocycles. The Morgan fingerprint density at radius 1 is 1.30 bits per heavy atom. The van der Waals surface area contributed by atoms with E-state index in [1.807, 2.05) is 22.9 Å². The number of hydrogen-bond donors (Lipinski definition) is 0. The number of fused-ring (bicyclic) bond motifs is 2. The third-order valence-corrected chi connectivity index (χ3v) is 5.42. The highest BCUT2D eigenvalue weighted by Crippen LogP contribution is 2.35. The Bertz CT molecular complexity index is 789. The van der Waals surface area contributed by atoms with E-state index in [2.05, 4.69) is 35.9 Å². The van der Waals surface area contributed by atoms with Gasteiger partial charge in [0.1, 0.15) is 5.65 Å². The van der Waals surface area contributed by atoms with Crippen LogP contribution in [0.1, 0.15) is 31.0 Å². The first-order chi connectivity index (χ1) is 11.1. The van der Waals surface area contributed by atoms with Gasteiger partial charge in [0.2, 0.25) is 5.91 Å². The molecular weight excluding hydrogens is 286 g/mol. The van der Waals surface area contributed by atoms with Gasteiger partial charge in [0.05, 0.1) is 12.1 Å². The van der Waals surface area contributed by atoms with E-state index < -0.39 is 0 Å². The van der Waals surface area contributed by atoms with E-state index in [0.717, 1.165) is 42.8 Å². The third kappa shape index (κ3) is 2.56. The van der Waals surface area contributed by atoms with Gasteiger partial charge >= 0.3 is 0 Å². The van der Waals surface area contributed by atoms with Gasteiger partial charge in [-0.1, -0.05) is 17.7 Å². The van der Waals surface area contributed by atoms with E-state index in [4.69, 9.17) is 0 Å². The molecule has 2 aromatic heterocycles. The highest BCUT2D eigenvalue weighted by Gasteiger charge is 2.36. The zero-order valence-electron chi connectivity index (χ0n) is 13.8. The van der Waals surface area contributed by atoms with Crippen molar-refractivity contribution in [2.75, 3.05) is 13.1 Å². The van der Waals surface area contributed by atoms with Crippen molar-refractivity contribution in [3.63, 3.8) is 0 Å². The molecule has 1 aliphatic heterocycles. The van der Waals surface area contributed by atoms with E-state index in [1.165, 1.54) is 5.57 Å². The molecule has 4 nitrogen and oxygen atoms in total. The summed E-state index contributed by atoms with van der Waals surface area (Å²) < 4.78 is 2.04. The number of rotatable bonds is 2. The lowest BCUT2D eigenvalue weighted by Gasteiger charge is -2.21. The molecule has 0 aromatic carbocycles. The molecule has 120 valence electrons. The molecule has 2 aliphatic rings. The number of likely N-dealkylation sites (tertiary alicyclic amines) is 1. The molecule has 1 fully saturated rings. The van der Waals surface area contributed by atoms with Crippen LogP contribution in [-0.2, 0) is 11.2 Å². The predicted molar refractivity (Wildman–Crippen MR) is 90.2 cm³/mol. The van der Waals surface area contributed by atoms with E-state index in [1.54, 1.807) is 0 Å². The van der Waals surface area contributed by atoms with Crippen LogP contribution in [0.2, 0.25) is 0 Å². The minimum absolute atomic E-state index is 0.236. The van der Waals surface area contributed by atoms with Crippen molar-refractivity contribution in [1.29, 1.82) is 0 Å². The SMILES string of the molecule is CC1=CC[C@@H]2CN(C(=O)Cc3cnc4c(C)cccn34)C[C@@H]2C1. The zero-order chi connectivity index (χ0) is 16.0. The van der Waals surface area contributed by atoms with Crippen molar-refractivity contribution in [2.45, 2.75) is 33.1 Å². The van der Waals surface area contributed by atoms with Crippen molar-refractivity contribution in [3.05, 3.63) is 47.4 Å². The van der Waals surface area contributed by atoms with Crippen LogP contribution in [0, 0.1) is 18.8 Å². The summed E-state index contributed by atoms with van der Waals surface area (Å²) in [4.78, 5) is 19.3. The molecule has 2 atom stereocenters. The van der Waals surface area contributed by atoms with Gasteiger partial charge in [0, 0.05) is 25.5 Å². The Morgan fingerprint density at radius 3 is 3.00 bits per heavy atom. The maximum atomic E-state index is 12.7. The van der Waals surface area contributed by atoms with Gasteiger partial charge < -0.3 is 9.30 Å². The highest BCUT2D eigenvalue weighted by atomic mass is 16.2. The minimum Gasteiger partial charge on any atom is -0.342 e. The molecule has 23 heavy (non-hydrogen) atoms. The fourth-order valence-electron chi connectivity index (χ4n) is 4.09. The van der Waals surface area contributed by atoms with Crippen LogP contribution in [0.4, 0.5) is 0 Å². The van der Waals surface area contributed by atoms with Crippen molar-refractivity contribution < 1.29 is 4.79 Å². The molecule has 0 spiro atoms. The van der Waals surface area contributed by atoms with Gasteiger partial charge in [0.25, 0.3) is 0 Å². The number of hydrogen-bond acceptors (Lipinski definition) is 2. The fourth-order valence-corrected chi connectivity index (χ4v) is 4.09. The normalized spacial score (nSPS) is 23.9. The average Bonchev–Trinajstić information content (AvgIpc) is 3.12. The van der Waals surface area contributed by atoms with Gasteiger partial charge in [-0.05, 0) is 50.2 Å². The molecule has 1 aliphatic carbocycles. The van der Waals surface area contributed by atoms with Crippen molar-refractivity contribution in [2.24, 2.45) is 11.8 Å². The Kier molecular flexibility index (Phi) is 3.47. The van der Waals surface area contributed by atoms with Gasteiger partial charge in [-0.3, -0.25) is 4.79 Å². The molecule has 4 heteroatoms. The van der Waals surface area contributed by atoms with Crippen molar-refractivity contribution in [3.8, 4) is 0 Å². The number of carbonyl (C=O) groups is 1. The number of aromatic nitrogens is 2. The lowest BCUT2D eigenvalue weighted by Crippen LogP contribution is -2.30. The van der Waals surface area contributed by atoms with Gasteiger partial charge in [0.15, 0.2) is 0 Å². The first-order valence-electron chi connectivity index (χ1n) is 8.47. The smallest absolute Gasteiger partial charge is 0.228 e. The number of nitrogens with zero attached hydrogens (tertiary/aromatic N) is 3. The summed E-state index contributed by atoms with van der Waals surface area (Å²) in [6.07, 6.45) is 8.92. The molecule has 1 saturated heterocycles. The summed E-state index contributed by atoms with van der Waals surface area (Å²) in [7, 11) is 0. The Labute approximate surface area is 136 Å². The van der Waals surface area contributed by atoms with Gasteiger partial charge in [-0.25, -0.2) is 4.98 Å². The number of carbonyl (C=O) groups excluding carboxylic acids is 1. The highest BCUT2D eigenvalue weighted by molar-refractivity contribution is 5.79. The predicted octanol–water partition coefficient (Wildman–Crippen LogP) is 3.00. The van der Waals surface area contributed by atoms with Crippen LogP contribution < -0.4 is 0 Å². The molecular formula is C19H23N3O. The Hall–Kier alpha value is -2.10. The third-order valence-electron chi connectivity index (χ3n) is 5.42. The lowest BCUT2D eigenvalue weighted by molar-refractivity contribution is -0.129. The number of allylic oxidation sites excluding steroid dienone is 2. The second-order valence-electron chi connectivity index (χ2n) is 7.12. The quantitative estimate of drug-likeness (QED) is 0.800. The Balaban J connectivity index is 1.49. The molecule has 2 aromatic rings. The standard InChI is InChI=1S/C19H23N3O/c1-13-5-6-15-11-21(12-16(15)8-13)18(23)9-17-10-20-19-14(2)4-3-7-22(17)19/h3-5,7,10,15-16H,6,8-9,11-12H2,1-2H3/t15-,16+/m1/s1. The lowest BCUT2D eigenvalue weighted by atomic mass is 9.83. The second kappa shape index (κ2) is 5.52. The molecule has 4 rings (SSSR count). The summed E-state index contributed by atoms with van der Waals surface area (Å²) in [5.74, 6) is 1.56. The summed E-state index contributed by atoms with van der Waals surface area (Å²) >= 11 is 0. The zero-order valence-corrected chi connectivity index (χ0v) is 13.8. The van der Waals surface area contributed by atoms with Crippen LogP contribution >= 0.6 is 0 Å². The topological polar surface area (TPSA) is 37.6 Å². The largest absolute Gasteiger partial charge is 0.342 e. The molecule has 0 radical (unpaired) electrons. The minimum atomic E-state index is 0.236. The number of imidazole rings is 1. The number of amides is 1. The Morgan fingerprint density at radius 2 is 2.13 bits per heavy atom. The number of pyridine rings is 1. The van der Waals surface area contributed by atoms with Crippen LogP contribution in [0.3, 0.4) is 0 Å². The second-order valence-corrected chi connectivity index (χ2v) is 7.12. The van der Waals surface area contributed by atoms with E-state index in [9.17, 15) is 4.79 Å². The number of aryl methyl sites for hydroxylation is 1. The maximum absolute atomic E-state index is 12.7. The van der Waals surface area contributed by atoms with Gasteiger partial charge in [-0.15, -0.1) is 0 Å². The summed E-state index contributed by atoms with van der Waals surface area (Å²) in [6, 6.07) is 4.06. The molecule has 0 N–H and O–H groups in total.